The summed E-state index contributed by atoms with van der Waals surface area (Å²) in [4.78, 5) is 28.5. The summed E-state index contributed by atoms with van der Waals surface area (Å²) < 4.78 is 0. The molecule has 0 spiro atoms. The van der Waals surface area contributed by atoms with Gasteiger partial charge in [0.1, 0.15) is 5.01 Å². The van der Waals surface area contributed by atoms with E-state index in [2.05, 4.69) is 4.98 Å². The quantitative estimate of drug-likeness (QED) is 0.873. The van der Waals surface area contributed by atoms with Gasteiger partial charge in [-0.3, -0.25) is 9.59 Å². The standard InChI is InChI=1S/C14H13N3O2S/c1-17(11-4-2-10(3-5-11)14(15)19)13(18)7-6-12-16-8-9-20-12/h2-9H,1H3,(H2,15,19). The molecule has 0 saturated heterocycles. The van der Waals surface area contributed by atoms with Crippen LogP contribution in [0.3, 0.4) is 0 Å². The first-order chi connectivity index (χ1) is 9.58. The molecule has 102 valence electrons. The number of hydrogen-bond donors (Lipinski definition) is 1. The van der Waals surface area contributed by atoms with Crippen LogP contribution in [-0.2, 0) is 4.79 Å². The predicted molar refractivity (Wildman–Crippen MR) is 79.5 cm³/mol. The van der Waals surface area contributed by atoms with E-state index in [-0.39, 0.29) is 5.91 Å². The number of anilines is 1. The van der Waals surface area contributed by atoms with E-state index < -0.39 is 5.91 Å². The number of hydrogen-bond acceptors (Lipinski definition) is 4. The average Bonchev–Trinajstić information content (AvgIpc) is 2.97. The van der Waals surface area contributed by atoms with Crippen LogP contribution in [0, 0.1) is 0 Å². The van der Waals surface area contributed by atoms with Crippen LogP contribution in [0.2, 0.25) is 0 Å². The zero-order chi connectivity index (χ0) is 14.5. The molecular formula is C14H13N3O2S. The van der Waals surface area contributed by atoms with E-state index >= 15 is 0 Å². The predicted octanol–water partition coefficient (Wildman–Crippen LogP) is 1.92. The van der Waals surface area contributed by atoms with Crippen molar-refractivity contribution in [1.29, 1.82) is 0 Å². The summed E-state index contributed by atoms with van der Waals surface area (Å²) in [5, 5.41) is 2.62. The number of nitrogens with zero attached hydrogens (tertiary/aromatic N) is 2. The first kappa shape index (κ1) is 14.0. The highest BCUT2D eigenvalue weighted by molar-refractivity contribution is 7.10. The fraction of sp³-hybridized carbons (Fsp3) is 0.0714. The Labute approximate surface area is 120 Å². The van der Waals surface area contributed by atoms with E-state index in [0.717, 1.165) is 5.01 Å². The number of nitrogens with two attached hydrogens (primary N) is 1. The molecule has 2 rings (SSSR count). The molecule has 1 aromatic heterocycles. The van der Waals surface area contributed by atoms with Crippen LogP contribution >= 0.6 is 11.3 Å². The highest BCUT2D eigenvalue weighted by Gasteiger charge is 2.08. The topological polar surface area (TPSA) is 76.3 Å². The Morgan fingerprint density at radius 3 is 2.55 bits per heavy atom. The van der Waals surface area contributed by atoms with Crippen molar-refractivity contribution >= 4 is 34.9 Å². The molecule has 5 nitrogen and oxygen atoms in total. The van der Waals surface area contributed by atoms with Gasteiger partial charge >= 0.3 is 0 Å². The lowest BCUT2D eigenvalue weighted by molar-refractivity contribution is -0.113. The molecule has 2 aromatic rings. The second-order valence-electron chi connectivity index (χ2n) is 4.01. The van der Waals surface area contributed by atoms with Gasteiger partial charge in [0.05, 0.1) is 0 Å². The summed E-state index contributed by atoms with van der Waals surface area (Å²) in [6.07, 6.45) is 4.81. The van der Waals surface area contributed by atoms with E-state index in [1.807, 2.05) is 5.38 Å². The second-order valence-corrected chi connectivity index (χ2v) is 4.94. The Morgan fingerprint density at radius 2 is 2.00 bits per heavy atom. The molecule has 0 aliphatic carbocycles. The Kier molecular flexibility index (Phi) is 4.27. The Morgan fingerprint density at radius 1 is 1.30 bits per heavy atom. The van der Waals surface area contributed by atoms with E-state index in [9.17, 15) is 9.59 Å². The molecule has 1 aromatic carbocycles. The zero-order valence-electron chi connectivity index (χ0n) is 10.8. The second kappa shape index (κ2) is 6.12. The van der Waals surface area contributed by atoms with Gasteiger partial charge in [-0.2, -0.15) is 0 Å². The molecule has 0 unspecified atom stereocenters. The SMILES string of the molecule is CN(C(=O)C=Cc1nccs1)c1ccc(C(N)=O)cc1. The van der Waals surface area contributed by atoms with Crippen molar-refractivity contribution in [1.82, 2.24) is 4.98 Å². The van der Waals surface area contributed by atoms with Gasteiger partial charge in [0.15, 0.2) is 0 Å². The van der Waals surface area contributed by atoms with Crippen LogP contribution < -0.4 is 10.6 Å². The van der Waals surface area contributed by atoms with Crippen LogP contribution in [0.5, 0.6) is 0 Å². The van der Waals surface area contributed by atoms with E-state index in [1.54, 1.807) is 43.6 Å². The fourth-order valence-electron chi connectivity index (χ4n) is 1.55. The third-order valence-corrected chi connectivity index (χ3v) is 3.43. The first-order valence-corrected chi connectivity index (χ1v) is 6.71. The molecule has 0 atom stereocenters. The number of rotatable bonds is 4. The van der Waals surface area contributed by atoms with E-state index in [1.165, 1.54) is 22.3 Å². The molecule has 0 aliphatic heterocycles. The molecular weight excluding hydrogens is 274 g/mol. The highest BCUT2D eigenvalue weighted by atomic mass is 32.1. The highest BCUT2D eigenvalue weighted by Crippen LogP contribution is 2.14. The van der Waals surface area contributed by atoms with E-state index in [4.69, 9.17) is 5.73 Å². The van der Waals surface area contributed by atoms with Crippen molar-refractivity contribution in [2.75, 3.05) is 11.9 Å². The van der Waals surface area contributed by atoms with Crippen molar-refractivity contribution < 1.29 is 9.59 Å². The van der Waals surface area contributed by atoms with Crippen LogP contribution in [-0.4, -0.2) is 23.8 Å². The van der Waals surface area contributed by atoms with E-state index in [0.29, 0.717) is 11.3 Å². The lowest BCUT2D eigenvalue weighted by Crippen LogP contribution is -2.24. The minimum atomic E-state index is -0.491. The fourth-order valence-corrected chi connectivity index (χ4v) is 2.08. The number of amides is 2. The zero-order valence-corrected chi connectivity index (χ0v) is 11.6. The van der Waals surface area contributed by atoms with Crippen LogP contribution in [0.25, 0.3) is 6.08 Å². The van der Waals surface area contributed by atoms with Crippen molar-refractivity contribution in [2.45, 2.75) is 0 Å². The van der Waals surface area contributed by atoms with Crippen LogP contribution in [0.4, 0.5) is 5.69 Å². The molecule has 20 heavy (non-hydrogen) atoms. The molecule has 0 fully saturated rings. The largest absolute Gasteiger partial charge is 0.366 e. The smallest absolute Gasteiger partial charge is 0.250 e. The molecule has 6 heteroatoms. The lowest BCUT2D eigenvalue weighted by Gasteiger charge is -2.15. The summed E-state index contributed by atoms with van der Waals surface area (Å²) in [6.45, 7) is 0. The molecule has 0 saturated carbocycles. The van der Waals surface area contributed by atoms with Gasteiger partial charge in [-0.05, 0) is 30.3 Å². The average molecular weight is 287 g/mol. The summed E-state index contributed by atoms with van der Waals surface area (Å²) in [6, 6.07) is 6.53. The number of benzene rings is 1. The normalized spacial score (nSPS) is 10.7. The lowest BCUT2D eigenvalue weighted by atomic mass is 10.2. The Bertz CT molecular complexity index is 633. The van der Waals surface area contributed by atoms with Gasteiger partial charge in [0.2, 0.25) is 5.91 Å². The molecule has 1 heterocycles. The maximum atomic E-state index is 12.0. The monoisotopic (exact) mass is 287 g/mol. The maximum Gasteiger partial charge on any atom is 0.250 e. The Hall–Kier alpha value is -2.47. The third-order valence-electron chi connectivity index (χ3n) is 2.69. The summed E-state index contributed by atoms with van der Waals surface area (Å²) in [7, 11) is 1.66. The van der Waals surface area contributed by atoms with Crippen molar-refractivity contribution in [2.24, 2.45) is 5.73 Å². The van der Waals surface area contributed by atoms with Gasteiger partial charge in [-0.1, -0.05) is 0 Å². The summed E-state index contributed by atoms with van der Waals surface area (Å²) in [5.41, 5.74) is 6.26. The van der Waals surface area contributed by atoms with Crippen LogP contribution in [0.15, 0.2) is 41.9 Å². The van der Waals surface area contributed by atoms with Gasteiger partial charge in [-0.25, -0.2) is 4.98 Å². The number of aromatic nitrogens is 1. The number of likely N-dealkylation sites (N-methyl/N-ethyl adjacent to an activating group) is 1. The molecule has 0 radical (unpaired) electrons. The van der Waals surface area contributed by atoms with Gasteiger partial charge < -0.3 is 10.6 Å². The minimum Gasteiger partial charge on any atom is -0.366 e. The van der Waals surface area contributed by atoms with Gasteiger partial charge in [-0.15, -0.1) is 11.3 Å². The third kappa shape index (κ3) is 3.30. The molecule has 2 N–H and O–H groups in total. The molecule has 0 bridgehead atoms. The van der Waals surface area contributed by atoms with Crippen molar-refractivity contribution in [3.63, 3.8) is 0 Å². The number of thiazole rings is 1. The number of carbonyl (C=O) groups excluding carboxylic acids is 2. The minimum absolute atomic E-state index is 0.174. The van der Waals surface area contributed by atoms with Crippen LogP contribution in [0.1, 0.15) is 15.4 Å². The number of carbonyl (C=O) groups is 2. The van der Waals surface area contributed by atoms with Crippen molar-refractivity contribution in [3.05, 3.63) is 52.5 Å². The maximum absolute atomic E-state index is 12.0. The molecule has 2 amide bonds. The Balaban J connectivity index is 2.08. The van der Waals surface area contributed by atoms with Gasteiger partial charge in [0.25, 0.3) is 5.91 Å². The van der Waals surface area contributed by atoms with Gasteiger partial charge in [0, 0.05) is 36.0 Å². The molecule has 0 aliphatic rings. The first-order valence-electron chi connectivity index (χ1n) is 5.83. The number of primary amides is 1. The summed E-state index contributed by atoms with van der Waals surface area (Å²) >= 11 is 1.46. The summed E-state index contributed by atoms with van der Waals surface area (Å²) in [5.74, 6) is -0.666. The van der Waals surface area contributed by atoms with Crippen molar-refractivity contribution in [3.8, 4) is 0 Å².